The van der Waals surface area contributed by atoms with Gasteiger partial charge in [0.25, 0.3) is 6.43 Å². The molecule has 6 heteroatoms. The lowest BCUT2D eigenvalue weighted by atomic mass is 10.0. The highest BCUT2D eigenvalue weighted by molar-refractivity contribution is 6.38. The fourth-order valence-corrected chi connectivity index (χ4v) is 2.43. The maximum atomic E-state index is 13.1. The van der Waals surface area contributed by atoms with Crippen molar-refractivity contribution in [1.29, 1.82) is 0 Å². The molecule has 3 nitrogen and oxygen atoms in total. The van der Waals surface area contributed by atoms with Crippen molar-refractivity contribution in [1.82, 2.24) is 0 Å². The molecule has 1 aliphatic rings. The maximum absolute atomic E-state index is 13.1. The van der Waals surface area contributed by atoms with E-state index in [2.05, 4.69) is 0 Å². The minimum absolute atomic E-state index is 0.119. The molecule has 2 aromatic rings. The number of benzene rings is 1. The van der Waals surface area contributed by atoms with Crippen LogP contribution in [0.3, 0.4) is 0 Å². The average molecular weight is 287 g/mol. The molecule has 1 aliphatic carbocycles. The summed E-state index contributed by atoms with van der Waals surface area (Å²) in [6.07, 6.45) is -0.824. The van der Waals surface area contributed by atoms with Crippen LogP contribution in [-0.4, -0.2) is 11.1 Å². The number of aromatic carboxylic acids is 1. The van der Waals surface area contributed by atoms with Crippen LogP contribution in [0, 0.1) is 0 Å². The summed E-state index contributed by atoms with van der Waals surface area (Å²) < 4.78 is 31.1. The van der Waals surface area contributed by atoms with Crippen LogP contribution in [0.4, 0.5) is 8.78 Å². The molecule has 0 unspecified atom stereocenters. The summed E-state index contributed by atoms with van der Waals surface area (Å²) in [5, 5.41) is 9.05. The minimum atomic E-state index is -2.73. The Bertz CT molecular complexity index is 674. The SMILES string of the molecule is O=C(O)c1oc2c(C(F)F)cc(C3CC3)cc2c1Cl. The minimum Gasteiger partial charge on any atom is -0.475 e. The Kier molecular flexibility index (Phi) is 2.74. The van der Waals surface area contributed by atoms with E-state index in [1.807, 2.05) is 0 Å². The fraction of sp³-hybridized carbons (Fsp3) is 0.308. The van der Waals surface area contributed by atoms with Gasteiger partial charge in [-0.3, -0.25) is 0 Å². The molecule has 1 N–H and O–H groups in total. The monoisotopic (exact) mass is 286 g/mol. The zero-order valence-electron chi connectivity index (χ0n) is 9.62. The Morgan fingerprint density at radius 2 is 2.11 bits per heavy atom. The van der Waals surface area contributed by atoms with Gasteiger partial charge >= 0.3 is 5.97 Å². The van der Waals surface area contributed by atoms with Gasteiger partial charge in [-0.2, -0.15) is 0 Å². The molecule has 0 spiro atoms. The van der Waals surface area contributed by atoms with E-state index >= 15 is 0 Å². The molecule has 1 aromatic heterocycles. The number of hydrogen-bond donors (Lipinski definition) is 1. The van der Waals surface area contributed by atoms with E-state index in [1.54, 1.807) is 6.07 Å². The predicted molar refractivity (Wildman–Crippen MR) is 65.1 cm³/mol. The highest BCUT2D eigenvalue weighted by Crippen LogP contribution is 2.45. The van der Waals surface area contributed by atoms with Gasteiger partial charge in [0, 0.05) is 5.39 Å². The van der Waals surface area contributed by atoms with E-state index in [0.717, 1.165) is 18.4 Å². The number of furan rings is 1. The van der Waals surface area contributed by atoms with E-state index < -0.39 is 18.2 Å². The van der Waals surface area contributed by atoms with E-state index in [-0.39, 0.29) is 27.5 Å². The molecule has 1 aromatic carbocycles. The average Bonchev–Trinajstić information content (AvgIpc) is 3.13. The molecule has 3 rings (SSSR count). The molecule has 0 atom stereocenters. The predicted octanol–water partition coefficient (Wildman–Crippen LogP) is 4.60. The molecular formula is C13H9ClF2O3. The zero-order valence-corrected chi connectivity index (χ0v) is 10.4. The van der Waals surface area contributed by atoms with Crippen molar-refractivity contribution in [3.05, 3.63) is 34.0 Å². The number of carboxylic acid groups (broad SMARTS) is 1. The quantitative estimate of drug-likeness (QED) is 0.897. The lowest BCUT2D eigenvalue weighted by Crippen LogP contribution is -1.93. The second-order valence-electron chi connectivity index (χ2n) is 4.61. The third-order valence-electron chi connectivity index (χ3n) is 3.26. The first-order valence-corrected chi connectivity index (χ1v) is 6.14. The number of hydrogen-bond acceptors (Lipinski definition) is 2. The molecule has 0 amide bonds. The van der Waals surface area contributed by atoms with Crippen molar-refractivity contribution < 1.29 is 23.1 Å². The zero-order chi connectivity index (χ0) is 13.7. The number of halogens is 3. The second kappa shape index (κ2) is 4.20. The van der Waals surface area contributed by atoms with Gasteiger partial charge in [0.05, 0.1) is 5.56 Å². The smallest absolute Gasteiger partial charge is 0.373 e. The van der Waals surface area contributed by atoms with Gasteiger partial charge in [0.1, 0.15) is 10.6 Å². The molecule has 1 fully saturated rings. The first-order chi connectivity index (χ1) is 8.99. The molecule has 1 saturated carbocycles. The van der Waals surface area contributed by atoms with Crippen LogP contribution < -0.4 is 0 Å². The van der Waals surface area contributed by atoms with Gasteiger partial charge in [0.15, 0.2) is 0 Å². The molecule has 0 aliphatic heterocycles. The van der Waals surface area contributed by atoms with Crippen LogP contribution in [0.2, 0.25) is 5.02 Å². The normalized spacial score (nSPS) is 15.4. The summed E-state index contributed by atoms with van der Waals surface area (Å²) in [4.78, 5) is 10.9. The van der Waals surface area contributed by atoms with Crippen molar-refractivity contribution >= 4 is 28.5 Å². The Labute approximate surface area is 111 Å². The van der Waals surface area contributed by atoms with Crippen LogP contribution in [0.5, 0.6) is 0 Å². The van der Waals surface area contributed by atoms with Gasteiger partial charge < -0.3 is 9.52 Å². The van der Waals surface area contributed by atoms with Crippen molar-refractivity contribution in [2.24, 2.45) is 0 Å². The highest BCUT2D eigenvalue weighted by Gasteiger charge is 2.29. The number of fused-ring (bicyclic) bond motifs is 1. The van der Waals surface area contributed by atoms with Crippen LogP contribution in [0.1, 0.15) is 46.9 Å². The topological polar surface area (TPSA) is 50.4 Å². The molecule has 100 valence electrons. The summed E-state index contributed by atoms with van der Waals surface area (Å²) in [5.74, 6) is -1.60. The molecule has 0 saturated heterocycles. The lowest BCUT2D eigenvalue weighted by Gasteiger charge is -2.05. The Morgan fingerprint density at radius 1 is 1.42 bits per heavy atom. The summed E-state index contributed by atoms with van der Waals surface area (Å²) in [5.41, 5.74) is 0.332. The number of rotatable bonds is 3. The van der Waals surface area contributed by atoms with Crippen molar-refractivity contribution in [2.45, 2.75) is 25.2 Å². The summed E-state index contributed by atoms with van der Waals surface area (Å²) in [6.45, 7) is 0. The van der Waals surface area contributed by atoms with E-state index in [0.29, 0.717) is 0 Å². The lowest BCUT2D eigenvalue weighted by molar-refractivity contribution is 0.0664. The largest absolute Gasteiger partial charge is 0.475 e. The number of carboxylic acids is 1. The first-order valence-electron chi connectivity index (χ1n) is 5.76. The molecular weight excluding hydrogens is 278 g/mol. The summed E-state index contributed by atoms with van der Waals surface area (Å²) in [7, 11) is 0. The van der Waals surface area contributed by atoms with Gasteiger partial charge in [-0.15, -0.1) is 0 Å². The number of alkyl halides is 2. The van der Waals surface area contributed by atoms with Crippen LogP contribution in [0.15, 0.2) is 16.5 Å². The van der Waals surface area contributed by atoms with Crippen molar-refractivity contribution in [3.63, 3.8) is 0 Å². The van der Waals surface area contributed by atoms with Crippen LogP contribution in [0.25, 0.3) is 11.0 Å². The van der Waals surface area contributed by atoms with Crippen molar-refractivity contribution in [3.8, 4) is 0 Å². The molecule has 0 radical (unpaired) electrons. The first kappa shape index (κ1) is 12.4. The van der Waals surface area contributed by atoms with Crippen molar-refractivity contribution in [2.75, 3.05) is 0 Å². The Hall–Kier alpha value is -1.62. The Morgan fingerprint density at radius 3 is 2.63 bits per heavy atom. The molecule has 0 bridgehead atoms. The van der Waals surface area contributed by atoms with Crippen LogP contribution >= 0.6 is 11.6 Å². The third-order valence-corrected chi connectivity index (χ3v) is 3.63. The number of carbonyl (C=O) groups is 1. The van der Waals surface area contributed by atoms with Crippen LogP contribution in [-0.2, 0) is 0 Å². The highest BCUT2D eigenvalue weighted by atomic mass is 35.5. The molecule has 1 heterocycles. The molecule has 19 heavy (non-hydrogen) atoms. The van der Waals surface area contributed by atoms with Gasteiger partial charge in [-0.25, -0.2) is 13.6 Å². The van der Waals surface area contributed by atoms with Gasteiger partial charge in [-0.1, -0.05) is 11.6 Å². The van der Waals surface area contributed by atoms with Gasteiger partial charge in [0.2, 0.25) is 5.76 Å². The second-order valence-corrected chi connectivity index (χ2v) is 4.99. The Balaban J connectivity index is 2.31. The van der Waals surface area contributed by atoms with Gasteiger partial charge in [-0.05, 0) is 36.5 Å². The third kappa shape index (κ3) is 1.98. The standard InChI is InChI=1S/C13H9ClF2O3/c14-9-7-3-6(5-1-2-5)4-8(12(15)16)10(7)19-11(9)13(17)18/h3-5,12H,1-2H2,(H,17,18). The van der Waals surface area contributed by atoms with E-state index in [9.17, 15) is 13.6 Å². The summed E-state index contributed by atoms with van der Waals surface area (Å²) >= 11 is 5.91. The summed E-state index contributed by atoms with van der Waals surface area (Å²) in [6, 6.07) is 3.03. The van der Waals surface area contributed by atoms with E-state index in [4.69, 9.17) is 21.1 Å². The fourth-order valence-electron chi connectivity index (χ4n) is 2.17. The van der Waals surface area contributed by atoms with E-state index in [1.165, 1.54) is 6.07 Å². The maximum Gasteiger partial charge on any atom is 0.373 e.